The molecule has 5 nitrogen and oxygen atoms in total. The maximum absolute atomic E-state index is 12.9. The van der Waals surface area contributed by atoms with Crippen molar-refractivity contribution in [1.82, 2.24) is 10.2 Å². The fourth-order valence-corrected chi connectivity index (χ4v) is 3.95. The summed E-state index contributed by atoms with van der Waals surface area (Å²) in [5, 5.41) is 2.98. The van der Waals surface area contributed by atoms with E-state index in [9.17, 15) is 9.59 Å². The van der Waals surface area contributed by atoms with Crippen LogP contribution in [0.2, 0.25) is 0 Å². The lowest BCUT2D eigenvalue weighted by Crippen LogP contribution is -2.44. The molecule has 1 saturated heterocycles. The molecule has 2 atom stereocenters. The number of hydrogen-bond donors (Lipinski definition) is 1. The van der Waals surface area contributed by atoms with Crippen molar-refractivity contribution in [2.24, 2.45) is 23.2 Å². The van der Waals surface area contributed by atoms with E-state index in [0.717, 1.165) is 19.3 Å². The van der Waals surface area contributed by atoms with Gasteiger partial charge in [0, 0.05) is 39.3 Å². The van der Waals surface area contributed by atoms with Crippen LogP contribution in [0.5, 0.6) is 0 Å². The van der Waals surface area contributed by atoms with Crippen LogP contribution in [0.1, 0.15) is 47.0 Å². The van der Waals surface area contributed by atoms with Gasteiger partial charge in [0.2, 0.25) is 11.8 Å². The number of hydrogen-bond acceptors (Lipinski definition) is 3. The summed E-state index contributed by atoms with van der Waals surface area (Å²) in [5.74, 6) is 0.879. The zero-order valence-electron chi connectivity index (χ0n) is 16.4. The molecule has 142 valence electrons. The molecule has 1 aliphatic heterocycles. The van der Waals surface area contributed by atoms with Gasteiger partial charge in [-0.3, -0.25) is 9.59 Å². The van der Waals surface area contributed by atoms with Crippen LogP contribution in [0, 0.1) is 23.2 Å². The number of amides is 2. The lowest BCUT2D eigenvalue weighted by Gasteiger charge is -2.32. The first-order valence-corrected chi connectivity index (χ1v) is 9.49. The summed E-state index contributed by atoms with van der Waals surface area (Å²) in [6, 6.07) is 0. The monoisotopic (exact) mass is 350 g/mol. The second-order valence-electron chi connectivity index (χ2n) is 8.31. The minimum atomic E-state index is 0.0346. The number of nitrogens with zero attached hydrogens (tertiary/aromatic N) is 1. The summed E-state index contributed by atoms with van der Waals surface area (Å²) in [6.07, 6.45) is 4.61. The number of carbonyl (C=O) groups is 2. The van der Waals surface area contributed by atoms with Crippen LogP contribution in [-0.2, 0) is 14.3 Å². The number of rotatable bonds is 7. The van der Waals surface area contributed by atoms with Crippen LogP contribution >= 0.6 is 0 Å². The Morgan fingerprint density at radius 1 is 1.24 bits per heavy atom. The van der Waals surface area contributed by atoms with E-state index in [2.05, 4.69) is 39.1 Å². The molecule has 0 spiro atoms. The van der Waals surface area contributed by atoms with Crippen molar-refractivity contribution in [3.05, 3.63) is 11.6 Å². The Hall–Kier alpha value is -1.36. The van der Waals surface area contributed by atoms with Crippen molar-refractivity contribution >= 4 is 11.8 Å². The molecule has 0 unspecified atom stereocenters. The first kappa shape index (κ1) is 20.0. The van der Waals surface area contributed by atoms with Crippen LogP contribution < -0.4 is 5.32 Å². The summed E-state index contributed by atoms with van der Waals surface area (Å²) in [7, 11) is 1.66. The highest BCUT2D eigenvalue weighted by Crippen LogP contribution is 2.60. The molecule has 2 fully saturated rings. The number of piperidine rings is 1. The van der Waals surface area contributed by atoms with E-state index < -0.39 is 0 Å². The Morgan fingerprint density at radius 2 is 1.88 bits per heavy atom. The van der Waals surface area contributed by atoms with E-state index in [1.165, 1.54) is 5.57 Å². The maximum Gasteiger partial charge on any atom is 0.226 e. The van der Waals surface area contributed by atoms with Gasteiger partial charge in [0.15, 0.2) is 0 Å². The third-order valence-corrected chi connectivity index (χ3v) is 5.69. The minimum Gasteiger partial charge on any atom is -0.385 e. The lowest BCUT2D eigenvalue weighted by atomic mass is 9.95. The first-order valence-electron chi connectivity index (χ1n) is 9.49. The predicted octanol–water partition coefficient (Wildman–Crippen LogP) is 2.62. The lowest BCUT2D eigenvalue weighted by molar-refractivity contribution is -0.137. The Balaban J connectivity index is 1.79. The van der Waals surface area contributed by atoms with Crippen LogP contribution in [0.4, 0.5) is 0 Å². The van der Waals surface area contributed by atoms with Crippen LogP contribution in [-0.4, -0.2) is 50.1 Å². The van der Waals surface area contributed by atoms with Crippen LogP contribution in [0.3, 0.4) is 0 Å². The maximum atomic E-state index is 12.9. The van der Waals surface area contributed by atoms with Gasteiger partial charge in [-0.1, -0.05) is 25.5 Å². The third-order valence-electron chi connectivity index (χ3n) is 5.69. The van der Waals surface area contributed by atoms with Gasteiger partial charge in [0.25, 0.3) is 0 Å². The molecular weight excluding hydrogens is 316 g/mol. The molecule has 1 N–H and O–H groups in total. The number of nitrogens with one attached hydrogen (secondary N) is 1. The van der Waals surface area contributed by atoms with Gasteiger partial charge in [-0.2, -0.15) is 0 Å². The van der Waals surface area contributed by atoms with Crippen molar-refractivity contribution in [2.45, 2.75) is 47.0 Å². The third kappa shape index (κ3) is 4.84. The number of ether oxygens (including phenoxy) is 1. The summed E-state index contributed by atoms with van der Waals surface area (Å²) in [5.41, 5.74) is 1.33. The number of allylic oxidation sites excluding steroid dienone is 2. The average Bonchev–Trinajstić information content (AvgIpc) is 3.10. The Morgan fingerprint density at radius 3 is 2.44 bits per heavy atom. The molecule has 2 amide bonds. The molecular formula is C20H34N2O3. The van der Waals surface area contributed by atoms with Crippen molar-refractivity contribution < 1.29 is 14.3 Å². The first-order chi connectivity index (χ1) is 11.8. The molecule has 0 aromatic carbocycles. The smallest absolute Gasteiger partial charge is 0.226 e. The van der Waals surface area contributed by atoms with Crippen LogP contribution in [0.25, 0.3) is 0 Å². The molecule has 1 saturated carbocycles. The molecule has 5 heteroatoms. The Kier molecular flexibility index (Phi) is 6.66. The summed E-state index contributed by atoms with van der Waals surface area (Å²) < 4.78 is 4.99. The fraction of sp³-hybridized carbons (Fsp3) is 0.800. The second kappa shape index (κ2) is 8.35. The van der Waals surface area contributed by atoms with Gasteiger partial charge in [-0.05, 0) is 44.4 Å². The SMILES string of the molecule is COCCCNC(=O)C1CCN(C(=O)[C@H]2[C@@H](C=C(C)C)C2(C)C)CC1. The minimum absolute atomic E-state index is 0.0346. The van der Waals surface area contributed by atoms with Crippen molar-refractivity contribution in [3.63, 3.8) is 0 Å². The molecule has 1 heterocycles. The van der Waals surface area contributed by atoms with Gasteiger partial charge in [0.05, 0.1) is 5.92 Å². The molecule has 0 aromatic rings. The molecule has 0 aromatic heterocycles. The van der Waals surface area contributed by atoms with E-state index in [-0.39, 0.29) is 29.1 Å². The van der Waals surface area contributed by atoms with E-state index in [0.29, 0.717) is 32.2 Å². The zero-order valence-corrected chi connectivity index (χ0v) is 16.4. The Bertz CT molecular complexity index is 515. The van der Waals surface area contributed by atoms with E-state index in [4.69, 9.17) is 4.74 Å². The quantitative estimate of drug-likeness (QED) is 0.567. The van der Waals surface area contributed by atoms with Crippen molar-refractivity contribution in [2.75, 3.05) is 33.4 Å². The van der Waals surface area contributed by atoms with Gasteiger partial charge in [0.1, 0.15) is 0 Å². The Labute approximate surface area is 152 Å². The van der Waals surface area contributed by atoms with E-state index >= 15 is 0 Å². The highest BCUT2D eigenvalue weighted by atomic mass is 16.5. The number of carbonyl (C=O) groups excluding carboxylic acids is 2. The summed E-state index contributed by atoms with van der Waals surface area (Å²) in [4.78, 5) is 27.0. The molecule has 0 bridgehead atoms. The van der Waals surface area contributed by atoms with Gasteiger partial charge >= 0.3 is 0 Å². The number of likely N-dealkylation sites (tertiary alicyclic amines) is 1. The largest absolute Gasteiger partial charge is 0.385 e. The number of methoxy groups -OCH3 is 1. The van der Waals surface area contributed by atoms with Gasteiger partial charge < -0.3 is 15.0 Å². The molecule has 0 radical (unpaired) electrons. The van der Waals surface area contributed by atoms with Crippen molar-refractivity contribution in [1.29, 1.82) is 0 Å². The molecule has 25 heavy (non-hydrogen) atoms. The predicted molar refractivity (Wildman–Crippen MR) is 99.0 cm³/mol. The van der Waals surface area contributed by atoms with E-state index in [1.807, 2.05) is 4.90 Å². The average molecular weight is 351 g/mol. The standard InChI is InChI=1S/C20H34N2O3/c1-14(2)13-16-17(20(16,3)4)19(24)22-10-7-15(8-11-22)18(23)21-9-6-12-25-5/h13,15-17H,6-12H2,1-5H3,(H,21,23)/t16-,17-/m1/s1. The molecule has 2 aliphatic rings. The van der Waals surface area contributed by atoms with E-state index in [1.54, 1.807) is 7.11 Å². The normalized spacial score (nSPS) is 25.4. The summed E-state index contributed by atoms with van der Waals surface area (Å²) in [6.45, 7) is 11.3. The highest BCUT2D eigenvalue weighted by molar-refractivity contribution is 5.84. The topological polar surface area (TPSA) is 58.6 Å². The van der Waals surface area contributed by atoms with Crippen LogP contribution in [0.15, 0.2) is 11.6 Å². The van der Waals surface area contributed by atoms with Crippen molar-refractivity contribution in [3.8, 4) is 0 Å². The summed E-state index contributed by atoms with van der Waals surface area (Å²) >= 11 is 0. The fourth-order valence-electron chi connectivity index (χ4n) is 3.95. The van der Waals surface area contributed by atoms with Gasteiger partial charge in [-0.25, -0.2) is 0 Å². The highest BCUT2D eigenvalue weighted by Gasteiger charge is 2.61. The molecule has 1 aliphatic carbocycles. The zero-order chi connectivity index (χ0) is 18.6. The molecule has 2 rings (SSSR count). The second-order valence-corrected chi connectivity index (χ2v) is 8.31. The van der Waals surface area contributed by atoms with Gasteiger partial charge in [-0.15, -0.1) is 0 Å².